The molecule has 0 aliphatic carbocycles. The number of aryl methyl sites for hydroxylation is 1. The number of rotatable bonds is 8. The summed E-state index contributed by atoms with van der Waals surface area (Å²) in [4.78, 5) is 12.3. The van der Waals surface area contributed by atoms with E-state index in [0.717, 1.165) is 5.76 Å². The quantitative estimate of drug-likeness (QED) is 0.697. The Labute approximate surface area is 159 Å². The van der Waals surface area contributed by atoms with Crippen molar-refractivity contribution in [2.24, 2.45) is 0 Å². The molecule has 0 radical (unpaired) electrons. The minimum absolute atomic E-state index is 0.0907. The fraction of sp³-hybridized carbons (Fsp3) is 0.316. The minimum Gasteiger partial charge on any atom is -0.495 e. The van der Waals surface area contributed by atoms with Crippen LogP contribution in [0.2, 0.25) is 0 Å². The van der Waals surface area contributed by atoms with Crippen LogP contribution in [0.1, 0.15) is 25.4 Å². The summed E-state index contributed by atoms with van der Waals surface area (Å²) >= 11 is 0. The van der Waals surface area contributed by atoms with Crippen LogP contribution in [0.15, 0.2) is 45.7 Å². The van der Waals surface area contributed by atoms with E-state index in [9.17, 15) is 13.2 Å². The zero-order chi connectivity index (χ0) is 20.0. The number of benzene rings is 1. The number of nitrogens with zero attached hydrogens (tertiary/aromatic N) is 1. The van der Waals surface area contributed by atoms with Gasteiger partial charge in [-0.3, -0.25) is 4.79 Å². The summed E-state index contributed by atoms with van der Waals surface area (Å²) < 4.78 is 37.3. The van der Waals surface area contributed by atoms with Gasteiger partial charge in [-0.2, -0.15) is 4.31 Å². The second-order valence-corrected chi connectivity index (χ2v) is 7.66. The number of sulfonamides is 1. The lowest BCUT2D eigenvalue weighted by Gasteiger charge is -2.19. The van der Waals surface area contributed by atoms with Gasteiger partial charge in [0.1, 0.15) is 17.3 Å². The third-order valence-electron chi connectivity index (χ3n) is 3.93. The second kappa shape index (κ2) is 8.88. The van der Waals surface area contributed by atoms with Crippen molar-refractivity contribution in [3.8, 4) is 5.75 Å². The van der Waals surface area contributed by atoms with Gasteiger partial charge in [0, 0.05) is 19.2 Å². The molecule has 0 unspecified atom stereocenters. The molecule has 2 rings (SSSR count). The van der Waals surface area contributed by atoms with Crippen molar-refractivity contribution in [1.82, 2.24) is 4.31 Å². The molecular formula is C19H24N2O5S. The third kappa shape index (κ3) is 4.99. The average molecular weight is 392 g/mol. The normalized spacial score (nSPS) is 11.9. The van der Waals surface area contributed by atoms with Gasteiger partial charge < -0.3 is 14.5 Å². The fourth-order valence-corrected chi connectivity index (χ4v) is 4.02. The summed E-state index contributed by atoms with van der Waals surface area (Å²) in [7, 11) is -2.19. The van der Waals surface area contributed by atoms with Gasteiger partial charge in [-0.1, -0.05) is 13.8 Å². The molecule has 146 valence electrons. The molecular weight excluding hydrogens is 368 g/mol. The smallest absolute Gasteiger partial charge is 0.248 e. The van der Waals surface area contributed by atoms with Crippen molar-refractivity contribution in [2.45, 2.75) is 25.7 Å². The Kier molecular flexibility index (Phi) is 6.81. The maximum absolute atomic E-state index is 12.7. The molecule has 0 aliphatic heterocycles. The van der Waals surface area contributed by atoms with Crippen molar-refractivity contribution >= 4 is 27.7 Å². The van der Waals surface area contributed by atoms with Crippen LogP contribution < -0.4 is 10.1 Å². The molecule has 0 atom stereocenters. The zero-order valence-electron chi connectivity index (χ0n) is 15.9. The van der Waals surface area contributed by atoms with Crippen LogP contribution in [-0.4, -0.2) is 38.8 Å². The lowest BCUT2D eigenvalue weighted by molar-refractivity contribution is -0.111. The Morgan fingerprint density at radius 2 is 1.93 bits per heavy atom. The van der Waals surface area contributed by atoms with E-state index in [0.29, 0.717) is 24.6 Å². The number of carbonyl (C=O) groups excluding carboxylic acids is 1. The summed E-state index contributed by atoms with van der Waals surface area (Å²) in [6.45, 7) is 6.07. The molecule has 0 bridgehead atoms. The molecule has 8 heteroatoms. The van der Waals surface area contributed by atoms with E-state index in [1.165, 1.54) is 41.8 Å². The highest BCUT2D eigenvalue weighted by Crippen LogP contribution is 2.29. The Bertz CT molecular complexity index is 927. The zero-order valence-corrected chi connectivity index (χ0v) is 16.7. The third-order valence-corrected chi connectivity index (χ3v) is 5.98. The summed E-state index contributed by atoms with van der Waals surface area (Å²) in [5, 5.41) is 2.65. The number of amides is 1. The van der Waals surface area contributed by atoms with Crippen LogP contribution in [0.3, 0.4) is 0 Å². The Hall–Kier alpha value is -2.58. The van der Waals surface area contributed by atoms with E-state index >= 15 is 0 Å². The number of hydrogen-bond donors (Lipinski definition) is 1. The molecule has 1 heterocycles. The predicted octanol–water partition coefficient (Wildman–Crippen LogP) is 3.28. The molecule has 1 amide bonds. The molecule has 0 aliphatic rings. The van der Waals surface area contributed by atoms with Crippen LogP contribution >= 0.6 is 0 Å². The second-order valence-electron chi connectivity index (χ2n) is 5.72. The van der Waals surface area contributed by atoms with Gasteiger partial charge in [-0.15, -0.1) is 0 Å². The van der Waals surface area contributed by atoms with Gasteiger partial charge >= 0.3 is 0 Å². The first-order valence-corrected chi connectivity index (χ1v) is 9.99. The summed E-state index contributed by atoms with van der Waals surface area (Å²) in [6, 6.07) is 7.92. The van der Waals surface area contributed by atoms with Gasteiger partial charge in [0.2, 0.25) is 15.9 Å². The Morgan fingerprint density at radius 3 is 2.48 bits per heavy atom. The van der Waals surface area contributed by atoms with Crippen LogP contribution in [-0.2, 0) is 14.8 Å². The fourth-order valence-electron chi connectivity index (χ4n) is 2.53. The molecule has 7 nitrogen and oxygen atoms in total. The van der Waals surface area contributed by atoms with E-state index < -0.39 is 15.9 Å². The Morgan fingerprint density at radius 1 is 1.22 bits per heavy atom. The van der Waals surface area contributed by atoms with E-state index in [2.05, 4.69) is 5.32 Å². The SMILES string of the molecule is CCN(CC)S(=O)(=O)c1ccc(OC)c(NC(=O)C=Cc2ccc(C)o2)c1. The van der Waals surface area contributed by atoms with Crippen LogP contribution in [0.4, 0.5) is 5.69 Å². The molecule has 0 fully saturated rings. The molecule has 1 aromatic carbocycles. The lowest BCUT2D eigenvalue weighted by Crippen LogP contribution is -2.30. The van der Waals surface area contributed by atoms with Crippen molar-refractivity contribution in [2.75, 3.05) is 25.5 Å². The molecule has 2 aromatic rings. The Balaban J connectivity index is 2.27. The molecule has 1 aromatic heterocycles. The van der Waals surface area contributed by atoms with E-state index in [1.807, 2.05) is 6.92 Å². The number of methoxy groups -OCH3 is 1. The van der Waals surface area contributed by atoms with Crippen molar-refractivity contribution in [3.63, 3.8) is 0 Å². The predicted molar refractivity (Wildman–Crippen MR) is 104 cm³/mol. The topological polar surface area (TPSA) is 88.9 Å². The molecule has 1 N–H and O–H groups in total. The highest BCUT2D eigenvalue weighted by atomic mass is 32.2. The van der Waals surface area contributed by atoms with Crippen molar-refractivity contribution < 1.29 is 22.4 Å². The van der Waals surface area contributed by atoms with E-state index in [1.54, 1.807) is 26.0 Å². The molecule has 0 spiro atoms. The average Bonchev–Trinajstić information content (AvgIpc) is 3.06. The van der Waals surface area contributed by atoms with Gasteiger partial charge in [-0.25, -0.2) is 8.42 Å². The van der Waals surface area contributed by atoms with E-state index in [4.69, 9.17) is 9.15 Å². The number of anilines is 1. The lowest BCUT2D eigenvalue weighted by atomic mass is 10.3. The number of hydrogen-bond acceptors (Lipinski definition) is 5. The number of furan rings is 1. The number of carbonyl (C=O) groups is 1. The molecule has 27 heavy (non-hydrogen) atoms. The minimum atomic E-state index is -3.64. The standard InChI is InChI=1S/C19H24N2O5S/c1-5-21(6-2)27(23,24)16-10-11-18(25-4)17(13-16)20-19(22)12-9-15-8-7-14(3)26-15/h7-13H,5-6H2,1-4H3,(H,20,22). The largest absolute Gasteiger partial charge is 0.495 e. The number of ether oxygens (including phenoxy) is 1. The molecule has 0 saturated carbocycles. The van der Waals surface area contributed by atoms with Gasteiger partial charge in [-0.05, 0) is 43.3 Å². The molecule has 0 saturated heterocycles. The highest BCUT2D eigenvalue weighted by molar-refractivity contribution is 7.89. The van der Waals surface area contributed by atoms with Gasteiger partial charge in [0.15, 0.2) is 0 Å². The summed E-state index contributed by atoms with van der Waals surface area (Å²) in [6.07, 6.45) is 2.84. The van der Waals surface area contributed by atoms with Crippen molar-refractivity contribution in [1.29, 1.82) is 0 Å². The van der Waals surface area contributed by atoms with Crippen LogP contribution in [0, 0.1) is 6.92 Å². The maximum atomic E-state index is 12.7. The first-order chi connectivity index (χ1) is 12.8. The van der Waals surface area contributed by atoms with Gasteiger partial charge in [0.05, 0.1) is 17.7 Å². The maximum Gasteiger partial charge on any atom is 0.248 e. The van der Waals surface area contributed by atoms with Gasteiger partial charge in [0.25, 0.3) is 0 Å². The number of nitrogens with one attached hydrogen (secondary N) is 1. The van der Waals surface area contributed by atoms with Crippen LogP contribution in [0.5, 0.6) is 5.75 Å². The first kappa shape index (κ1) is 20.7. The van der Waals surface area contributed by atoms with Crippen LogP contribution in [0.25, 0.3) is 6.08 Å². The van der Waals surface area contributed by atoms with E-state index in [-0.39, 0.29) is 10.6 Å². The summed E-state index contributed by atoms with van der Waals surface area (Å²) in [5.74, 6) is 1.22. The highest BCUT2D eigenvalue weighted by Gasteiger charge is 2.23. The first-order valence-electron chi connectivity index (χ1n) is 8.55. The monoisotopic (exact) mass is 392 g/mol. The summed E-state index contributed by atoms with van der Waals surface area (Å²) in [5.41, 5.74) is 0.274. The van der Waals surface area contributed by atoms with Crippen molar-refractivity contribution in [3.05, 3.63) is 47.9 Å².